The third-order valence-corrected chi connectivity index (χ3v) is 5.42. The highest BCUT2D eigenvalue weighted by atomic mass is 19.4. The molecule has 23 heavy (non-hydrogen) atoms. The Bertz CT molecular complexity index is 500. The summed E-state index contributed by atoms with van der Waals surface area (Å²) in [6.45, 7) is 2.20. The van der Waals surface area contributed by atoms with E-state index in [1.807, 2.05) is 6.92 Å². The van der Waals surface area contributed by atoms with Gasteiger partial charge < -0.3 is 9.47 Å². The van der Waals surface area contributed by atoms with E-state index in [4.69, 9.17) is 9.47 Å². The van der Waals surface area contributed by atoms with Gasteiger partial charge in [0, 0.05) is 6.42 Å². The Morgan fingerprint density at radius 3 is 2.26 bits per heavy atom. The third kappa shape index (κ3) is 2.94. The Kier molecular flexibility index (Phi) is 3.88. The van der Waals surface area contributed by atoms with Crippen LogP contribution in [0, 0.1) is 17.3 Å². The van der Waals surface area contributed by atoms with Gasteiger partial charge in [0.1, 0.15) is 5.60 Å². The van der Waals surface area contributed by atoms with Crippen molar-refractivity contribution in [2.75, 3.05) is 6.61 Å². The van der Waals surface area contributed by atoms with Gasteiger partial charge in [-0.1, -0.05) is 6.92 Å². The Morgan fingerprint density at radius 1 is 1.13 bits per heavy atom. The molecule has 0 amide bonds. The zero-order chi connectivity index (χ0) is 16.9. The molecule has 4 bridgehead atoms. The second-order valence-electron chi connectivity index (χ2n) is 7.45. The second kappa shape index (κ2) is 5.38. The Labute approximate surface area is 132 Å². The molecule has 4 aliphatic carbocycles. The average Bonchev–Trinajstić information content (AvgIpc) is 2.41. The number of esters is 2. The first-order chi connectivity index (χ1) is 10.7. The van der Waals surface area contributed by atoms with Crippen LogP contribution in [0.3, 0.4) is 0 Å². The van der Waals surface area contributed by atoms with Gasteiger partial charge in [-0.15, -0.1) is 0 Å². The molecule has 0 spiro atoms. The van der Waals surface area contributed by atoms with Crippen LogP contribution in [0.4, 0.5) is 13.2 Å². The van der Waals surface area contributed by atoms with E-state index in [0.717, 1.165) is 6.42 Å². The van der Waals surface area contributed by atoms with E-state index in [9.17, 15) is 22.8 Å². The minimum absolute atomic E-state index is 0.131. The summed E-state index contributed by atoms with van der Waals surface area (Å²) in [5.74, 6) is -2.21. The molecule has 4 fully saturated rings. The Morgan fingerprint density at radius 2 is 1.74 bits per heavy atom. The molecular weight excluding hydrogens is 313 g/mol. The molecule has 0 heterocycles. The predicted octanol–water partition coefficient (Wildman–Crippen LogP) is 3.38. The second-order valence-corrected chi connectivity index (χ2v) is 7.45. The van der Waals surface area contributed by atoms with Gasteiger partial charge >= 0.3 is 18.1 Å². The average molecular weight is 334 g/mol. The molecule has 0 aliphatic heterocycles. The summed E-state index contributed by atoms with van der Waals surface area (Å²) in [5.41, 5.74) is -1.92. The molecule has 0 N–H and O–H groups in total. The van der Waals surface area contributed by atoms with Crippen LogP contribution in [0.5, 0.6) is 0 Å². The van der Waals surface area contributed by atoms with Gasteiger partial charge in [-0.2, -0.15) is 13.2 Å². The van der Waals surface area contributed by atoms with Crippen LogP contribution in [-0.2, 0) is 19.1 Å². The maximum absolute atomic E-state index is 12.6. The summed E-state index contributed by atoms with van der Waals surface area (Å²) in [5, 5.41) is 0. The van der Waals surface area contributed by atoms with E-state index in [0.29, 0.717) is 38.7 Å². The predicted molar refractivity (Wildman–Crippen MR) is 73.2 cm³/mol. The van der Waals surface area contributed by atoms with Crippen LogP contribution in [0.15, 0.2) is 0 Å². The minimum atomic E-state index is -5.00. The van der Waals surface area contributed by atoms with Crippen molar-refractivity contribution < 1.29 is 32.2 Å². The molecule has 0 radical (unpaired) electrons. The molecule has 4 aliphatic rings. The molecule has 7 heteroatoms. The summed E-state index contributed by atoms with van der Waals surface area (Å²) in [7, 11) is 0. The molecular formula is C16H21F3O4. The molecule has 130 valence electrons. The zero-order valence-electron chi connectivity index (χ0n) is 13.1. The summed E-state index contributed by atoms with van der Waals surface area (Å²) in [6.07, 6.45) is -1.12. The maximum atomic E-state index is 12.6. The summed E-state index contributed by atoms with van der Waals surface area (Å²) >= 11 is 0. The summed E-state index contributed by atoms with van der Waals surface area (Å²) in [6, 6.07) is 0. The smallest absolute Gasteiger partial charge is 0.465 e. The molecule has 4 rings (SSSR count). The van der Waals surface area contributed by atoms with E-state index < -0.39 is 23.2 Å². The van der Waals surface area contributed by atoms with Crippen molar-refractivity contribution in [1.82, 2.24) is 0 Å². The fourth-order valence-electron chi connectivity index (χ4n) is 5.14. The van der Waals surface area contributed by atoms with Crippen LogP contribution in [0.25, 0.3) is 0 Å². The molecule has 0 aromatic rings. The van der Waals surface area contributed by atoms with Crippen molar-refractivity contribution in [1.29, 1.82) is 0 Å². The highest BCUT2D eigenvalue weighted by Crippen LogP contribution is 2.63. The van der Waals surface area contributed by atoms with Crippen LogP contribution >= 0.6 is 0 Å². The molecule has 4 saturated carbocycles. The van der Waals surface area contributed by atoms with Crippen molar-refractivity contribution in [2.45, 2.75) is 63.6 Å². The first-order valence-corrected chi connectivity index (χ1v) is 8.15. The van der Waals surface area contributed by atoms with Crippen LogP contribution in [-0.4, -0.2) is 30.3 Å². The quantitative estimate of drug-likeness (QED) is 0.740. The van der Waals surface area contributed by atoms with E-state index in [2.05, 4.69) is 0 Å². The van der Waals surface area contributed by atoms with Crippen molar-refractivity contribution in [2.24, 2.45) is 17.3 Å². The van der Waals surface area contributed by atoms with Crippen molar-refractivity contribution in [3.63, 3.8) is 0 Å². The standard InChI is InChI=1S/C16H21F3O4/c1-2-3-22-12(20)14-5-10-4-11(6-14)8-15(7-10,9-14)23-13(21)16(17,18)19/h10-11H,2-9H2,1H3. The molecule has 4 nitrogen and oxygen atoms in total. The molecule has 2 atom stereocenters. The van der Waals surface area contributed by atoms with Gasteiger partial charge in [0.2, 0.25) is 0 Å². The lowest BCUT2D eigenvalue weighted by Gasteiger charge is -2.59. The SMILES string of the molecule is CCCOC(=O)C12CC3CC(CC(OC(=O)C(F)(F)F)(C3)C1)C2. The monoisotopic (exact) mass is 334 g/mol. The summed E-state index contributed by atoms with van der Waals surface area (Å²) < 4.78 is 48.0. The number of carbonyl (C=O) groups is 2. The Hall–Kier alpha value is -1.27. The van der Waals surface area contributed by atoms with Crippen molar-refractivity contribution >= 4 is 11.9 Å². The van der Waals surface area contributed by atoms with Gasteiger partial charge in [-0.05, 0) is 50.4 Å². The third-order valence-electron chi connectivity index (χ3n) is 5.42. The number of hydrogen-bond donors (Lipinski definition) is 0. The molecule has 2 unspecified atom stereocenters. The maximum Gasteiger partial charge on any atom is 0.490 e. The first kappa shape index (κ1) is 16.6. The van der Waals surface area contributed by atoms with E-state index in [-0.39, 0.29) is 24.2 Å². The highest BCUT2D eigenvalue weighted by molar-refractivity contribution is 5.79. The fraction of sp³-hybridized carbons (Fsp3) is 0.875. The molecule has 0 aromatic heterocycles. The zero-order valence-corrected chi connectivity index (χ0v) is 13.1. The normalized spacial score (nSPS) is 38.4. The first-order valence-electron chi connectivity index (χ1n) is 8.15. The number of alkyl halides is 3. The fourth-order valence-corrected chi connectivity index (χ4v) is 5.14. The van der Waals surface area contributed by atoms with Crippen LogP contribution in [0.2, 0.25) is 0 Å². The van der Waals surface area contributed by atoms with E-state index in [1.165, 1.54) is 0 Å². The number of halogens is 3. The number of rotatable bonds is 4. The van der Waals surface area contributed by atoms with Crippen LogP contribution < -0.4 is 0 Å². The minimum Gasteiger partial charge on any atom is -0.465 e. The lowest BCUT2D eigenvalue weighted by atomic mass is 9.48. The topological polar surface area (TPSA) is 52.6 Å². The number of hydrogen-bond acceptors (Lipinski definition) is 4. The van der Waals surface area contributed by atoms with Gasteiger partial charge in [0.15, 0.2) is 0 Å². The summed E-state index contributed by atoms with van der Waals surface area (Å²) in [4.78, 5) is 23.8. The van der Waals surface area contributed by atoms with E-state index in [1.54, 1.807) is 0 Å². The highest BCUT2D eigenvalue weighted by Gasteiger charge is 2.64. The van der Waals surface area contributed by atoms with Crippen molar-refractivity contribution in [3.8, 4) is 0 Å². The van der Waals surface area contributed by atoms with E-state index >= 15 is 0 Å². The largest absolute Gasteiger partial charge is 0.490 e. The van der Waals surface area contributed by atoms with Crippen molar-refractivity contribution in [3.05, 3.63) is 0 Å². The molecule has 0 saturated heterocycles. The van der Waals surface area contributed by atoms with Gasteiger partial charge in [-0.3, -0.25) is 4.79 Å². The molecule has 0 aromatic carbocycles. The van der Waals surface area contributed by atoms with Crippen LogP contribution in [0.1, 0.15) is 51.9 Å². The van der Waals surface area contributed by atoms with Gasteiger partial charge in [-0.25, -0.2) is 4.79 Å². The Balaban J connectivity index is 1.81. The lowest BCUT2D eigenvalue weighted by Crippen LogP contribution is -2.60. The number of ether oxygens (including phenoxy) is 2. The lowest BCUT2D eigenvalue weighted by molar-refractivity contribution is -0.240. The van der Waals surface area contributed by atoms with Gasteiger partial charge in [0.25, 0.3) is 0 Å². The van der Waals surface area contributed by atoms with Gasteiger partial charge in [0.05, 0.1) is 12.0 Å². The number of carbonyl (C=O) groups excluding carboxylic acids is 2.